The van der Waals surface area contributed by atoms with Crippen LogP contribution in [0.15, 0.2) is 54.6 Å². The van der Waals surface area contributed by atoms with E-state index in [1.54, 1.807) is 14.2 Å². The molecule has 0 bridgehead atoms. The van der Waals surface area contributed by atoms with Gasteiger partial charge in [0.1, 0.15) is 31.3 Å². The quantitative estimate of drug-likeness (QED) is 0.134. The first-order valence-electron chi connectivity index (χ1n) is 15.9. The number of ether oxygens (including phenoxy) is 5. The van der Waals surface area contributed by atoms with E-state index in [0.29, 0.717) is 67.5 Å². The standard InChI is InChI=1S/C36H46Cl2N2O6/c1-25-19-32(37)35(33(38)20-25)46-18-17-44-31-11-6-27(7-12-31)21-28(23-39)36(41)40(30-9-10-30)24-29-22-26(5-4-14-42-2)8-13-34(29)45-16-15-43-3/h6-8,11-13,19-20,22,28,30H,4-5,9-10,14-18,21,23-24,39H2,1-3H3/t28-/m1/s1. The van der Waals surface area contributed by atoms with Crippen molar-refractivity contribution in [2.45, 2.75) is 51.6 Å². The molecule has 1 saturated carbocycles. The molecule has 0 aromatic heterocycles. The average molecular weight is 674 g/mol. The van der Waals surface area contributed by atoms with Gasteiger partial charge in [-0.05, 0) is 86.1 Å². The van der Waals surface area contributed by atoms with Crippen LogP contribution in [0.25, 0.3) is 0 Å². The third-order valence-corrected chi connectivity index (χ3v) is 8.44. The number of halogens is 2. The normalized spacial score (nSPS) is 13.3. The van der Waals surface area contributed by atoms with E-state index in [2.05, 4.69) is 12.1 Å². The molecule has 0 saturated heterocycles. The van der Waals surface area contributed by atoms with Gasteiger partial charge in [-0.3, -0.25) is 4.79 Å². The van der Waals surface area contributed by atoms with Crippen molar-refractivity contribution in [3.8, 4) is 17.2 Å². The number of nitrogens with two attached hydrogens (primary N) is 1. The van der Waals surface area contributed by atoms with Gasteiger partial charge in [0.15, 0.2) is 5.75 Å². The number of hydrogen-bond acceptors (Lipinski definition) is 7. The van der Waals surface area contributed by atoms with Gasteiger partial charge in [-0.2, -0.15) is 0 Å². The number of amides is 1. The first-order chi connectivity index (χ1) is 22.3. The Morgan fingerprint density at radius 3 is 2.17 bits per heavy atom. The van der Waals surface area contributed by atoms with Gasteiger partial charge in [0.25, 0.3) is 0 Å². The maximum absolute atomic E-state index is 14.0. The van der Waals surface area contributed by atoms with Crippen LogP contribution < -0.4 is 19.9 Å². The molecule has 8 nitrogen and oxygen atoms in total. The molecule has 3 aromatic carbocycles. The summed E-state index contributed by atoms with van der Waals surface area (Å²) in [6.07, 6.45) is 4.35. The second-order valence-electron chi connectivity index (χ2n) is 11.6. The minimum Gasteiger partial charge on any atom is -0.491 e. The van der Waals surface area contributed by atoms with Gasteiger partial charge in [-0.1, -0.05) is 47.5 Å². The van der Waals surface area contributed by atoms with Crippen molar-refractivity contribution in [1.29, 1.82) is 0 Å². The molecule has 250 valence electrons. The second kappa shape index (κ2) is 18.4. The van der Waals surface area contributed by atoms with Crippen LogP contribution in [0.2, 0.25) is 10.0 Å². The Hall–Kier alpha value is -3.01. The molecular weight excluding hydrogens is 627 g/mol. The Kier molecular flexibility index (Phi) is 14.3. The highest BCUT2D eigenvalue weighted by Gasteiger charge is 2.36. The van der Waals surface area contributed by atoms with E-state index in [9.17, 15) is 4.79 Å². The lowest BCUT2D eigenvalue weighted by atomic mass is 9.97. The van der Waals surface area contributed by atoms with Crippen molar-refractivity contribution in [3.63, 3.8) is 0 Å². The van der Waals surface area contributed by atoms with Crippen LogP contribution in [-0.4, -0.2) is 70.6 Å². The minimum atomic E-state index is -0.340. The van der Waals surface area contributed by atoms with E-state index in [1.165, 1.54) is 5.56 Å². The predicted molar refractivity (Wildman–Crippen MR) is 182 cm³/mol. The molecule has 0 spiro atoms. The molecule has 0 unspecified atom stereocenters. The molecule has 10 heteroatoms. The van der Waals surface area contributed by atoms with Crippen LogP contribution in [-0.2, 0) is 33.7 Å². The number of benzene rings is 3. The first-order valence-corrected chi connectivity index (χ1v) is 16.6. The molecule has 1 amide bonds. The summed E-state index contributed by atoms with van der Waals surface area (Å²) in [4.78, 5) is 16.0. The van der Waals surface area contributed by atoms with Crippen molar-refractivity contribution in [3.05, 3.63) is 86.9 Å². The summed E-state index contributed by atoms with van der Waals surface area (Å²) in [6.45, 7) is 4.91. The SMILES string of the molecule is COCCCc1ccc(OCCOC)c(CN(C(=O)[C@@H](CN)Cc2ccc(OCCOc3c(Cl)cc(C)cc3Cl)cc2)C2CC2)c1. The zero-order chi connectivity index (χ0) is 32.9. The Morgan fingerprint density at radius 1 is 0.870 bits per heavy atom. The van der Waals surface area contributed by atoms with E-state index >= 15 is 0 Å². The molecule has 46 heavy (non-hydrogen) atoms. The summed E-state index contributed by atoms with van der Waals surface area (Å²) >= 11 is 12.5. The highest BCUT2D eigenvalue weighted by Crippen LogP contribution is 2.35. The Labute approximate surface area is 283 Å². The number of aryl methyl sites for hydroxylation is 2. The summed E-state index contributed by atoms with van der Waals surface area (Å²) < 4.78 is 28.1. The van der Waals surface area contributed by atoms with Crippen molar-refractivity contribution in [1.82, 2.24) is 4.90 Å². The topological polar surface area (TPSA) is 92.5 Å². The zero-order valence-corrected chi connectivity index (χ0v) is 28.6. The maximum Gasteiger partial charge on any atom is 0.227 e. The summed E-state index contributed by atoms with van der Waals surface area (Å²) in [5, 5.41) is 0.946. The third kappa shape index (κ3) is 10.8. The van der Waals surface area contributed by atoms with Gasteiger partial charge in [0.05, 0.1) is 22.6 Å². The highest BCUT2D eigenvalue weighted by atomic mass is 35.5. The van der Waals surface area contributed by atoms with E-state index in [-0.39, 0.29) is 24.4 Å². The highest BCUT2D eigenvalue weighted by molar-refractivity contribution is 6.37. The summed E-state index contributed by atoms with van der Waals surface area (Å²) in [5.74, 6) is 1.67. The molecule has 0 aliphatic heterocycles. The largest absolute Gasteiger partial charge is 0.491 e. The van der Waals surface area contributed by atoms with Crippen LogP contribution in [0.5, 0.6) is 17.2 Å². The average Bonchev–Trinajstić information content (AvgIpc) is 3.88. The number of hydrogen-bond donors (Lipinski definition) is 1. The maximum atomic E-state index is 14.0. The van der Waals surface area contributed by atoms with E-state index in [0.717, 1.165) is 48.1 Å². The molecule has 0 radical (unpaired) electrons. The fraction of sp³-hybridized carbons (Fsp3) is 0.472. The van der Waals surface area contributed by atoms with E-state index in [1.807, 2.05) is 54.3 Å². The van der Waals surface area contributed by atoms with Crippen LogP contribution in [0.4, 0.5) is 0 Å². The fourth-order valence-corrected chi connectivity index (χ4v) is 6.01. The lowest BCUT2D eigenvalue weighted by Crippen LogP contribution is -2.41. The van der Waals surface area contributed by atoms with E-state index < -0.39 is 0 Å². The van der Waals surface area contributed by atoms with Crippen LogP contribution in [0.1, 0.15) is 41.5 Å². The van der Waals surface area contributed by atoms with Crippen molar-refractivity contribution >= 4 is 29.1 Å². The monoisotopic (exact) mass is 672 g/mol. The van der Waals surface area contributed by atoms with Crippen molar-refractivity contribution in [2.75, 3.05) is 53.8 Å². The molecule has 4 rings (SSSR count). The molecule has 1 aliphatic carbocycles. The molecule has 0 heterocycles. The second-order valence-corrected chi connectivity index (χ2v) is 12.4. The van der Waals surface area contributed by atoms with Gasteiger partial charge < -0.3 is 34.3 Å². The Morgan fingerprint density at radius 2 is 1.52 bits per heavy atom. The molecule has 1 fully saturated rings. The summed E-state index contributed by atoms with van der Waals surface area (Å²) in [5.41, 5.74) is 10.4. The number of nitrogens with zero attached hydrogens (tertiary/aromatic N) is 1. The molecule has 1 atom stereocenters. The number of methoxy groups -OCH3 is 2. The molecule has 1 aliphatic rings. The third-order valence-electron chi connectivity index (χ3n) is 7.88. The van der Waals surface area contributed by atoms with Gasteiger partial charge in [0.2, 0.25) is 5.91 Å². The minimum absolute atomic E-state index is 0.0727. The van der Waals surface area contributed by atoms with Gasteiger partial charge in [-0.25, -0.2) is 0 Å². The van der Waals surface area contributed by atoms with Crippen LogP contribution >= 0.6 is 23.2 Å². The molecule has 2 N–H and O–H groups in total. The first kappa shape index (κ1) is 35.8. The Balaban J connectivity index is 1.36. The predicted octanol–water partition coefficient (Wildman–Crippen LogP) is 6.67. The van der Waals surface area contributed by atoms with Crippen LogP contribution in [0.3, 0.4) is 0 Å². The van der Waals surface area contributed by atoms with Crippen LogP contribution in [0, 0.1) is 12.8 Å². The fourth-order valence-electron chi connectivity index (χ4n) is 5.30. The van der Waals surface area contributed by atoms with Gasteiger partial charge in [-0.15, -0.1) is 0 Å². The molecule has 3 aromatic rings. The summed E-state index contributed by atoms with van der Waals surface area (Å²) in [7, 11) is 3.37. The van der Waals surface area contributed by atoms with Gasteiger partial charge >= 0.3 is 0 Å². The Bertz CT molecular complexity index is 1380. The number of carbonyl (C=O) groups excluding carboxylic acids is 1. The van der Waals surface area contributed by atoms with Gasteiger partial charge in [0, 0.05) is 45.5 Å². The number of carbonyl (C=O) groups is 1. The van der Waals surface area contributed by atoms with Crippen molar-refractivity contribution in [2.24, 2.45) is 11.7 Å². The van der Waals surface area contributed by atoms with E-state index in [4.69, 9.17) is 52.6 Å². The lowest BCUT2D eigenvalue weighted by molar-refractivity contribution is -0.136. The van der Waals surface area contributed by atoms with Crippen molar-refractivity contribution < 1.29 is 28.5 Å². The summed E-state index contributed by atoms with van der Waals surface area (Å²) in [6, 6.07) is 17.8. The zero-order valence-electron chi connectivity index (χ0n) is 27.1. The smallest absolute Gasteiger partial charge is 0.227 e. The molecular formula is C36H46Cl2N2O6. The number of rotatable bonds is 20. The lowest BCUT2D eigenvalue weighted by Gasteiger charge is -2.28.